The fourth-order valence-corrected chi connectivity index (χ4v) is 4.19. The van der Waals surface area contributed by atoms with Crippen LogP contribution in [-0.4, -0.2) is 63.7 Å². The third kappa shape index (κ3) is 6.11. The standard InChI is InChI=1S/C25H38N4O2/c1-18(2)20(4)17-26-21(5)27-23-15-19(3)24(16-25(23)30-6)29-9-7-22(8-10-29)28-11-13-31-14-12-28/h15-17,22,27H,5,7-14H2,1-4,6H3. The molecule has 1 aromatic carbocycles. The Hall–Kier alpha value is -2.31. The number of nitrogens with one attached hydrogen (secondary N) is 1. The Bertz CT molecular complexity index is 828. The quantitative estimate of drug-likeness (QED) is 0.645. The summed E-state index contributed by atoms with van der Waals surface area (Å²) in [7, 11) is 1.71. The molecule has 0 amide bonds. The van der Waals surface area contributed by atoms with E-state index in [1.807, 2.05) is 13.1 Å². The first-order valence-electron chi connectivity index (χ1n) is 11.3. The second-order valence-electron chi connectivity index (χ2n) is 8.72. The zero-order chi connectivity index (χ0) is 22.4. The molecule has 2 saturated heterocycles. The fraction of sp³-hybridized carbons (Fsp3) is 0.560. The van der Waals surface area contributed by atoms with Gasteiger partial charge in [-0.05, 0) is 57.7 Å². The van der Waals surface area contributed by atoms with Crippen LogP contribution in [0, 0.1) is 6.92 Å². The molecule has 2 aliphatic rings. The zero-order valence-corrected chi connectivity index (χ0v) is 19.8. The van der Waals surface area contributed by atoms with Crippen LogP contribution in [0.3, 0.4) is 0 Å². The molecule has 0 saturated carbocycles. The van der Waals surface area contributed by atoms with Gasteiger partial charge in [-0.15, -0.1) is 0 Å². The predicted octanol–water partition coefficient (Wildman–Crippen LogP) is 4.61. The van der Waals surface area contributed by atoms with Gasteiger partial charge in [0.2, 0.25) is 0 Å². The molecule has 1 aromatic rings. The Morgan fingerprint density at radius 2 is 1.84 bits per heavy atom. The highest BCUT2D eigenvalue weighted by atomic mass is 16.5. The van der Waals surface area contributed by atoms with E-state index in [2.05, 4.69) is 59.6 Å². The highest BCUT2D eigenvalue weighted by Crippen LogP contribution is 2.35. The highest BCUT2D eigenvalue weighted by molar-refractivity contribution is 5.80. The van der Waals surface area contributed by atoms with E-state index < -0.39 is 0 Å². The van der Waals surface area contributed by atoms with Gasteiger partial charge in [0.05, 0.1) is 26.0 Å². The number of rotatable bonds is 7. The first kappa shape index (κ1) is 23.4. The number of nitrogens with zero attached hydrogens (tertiary/aromatic N) is 3. The average molecular weight is 427 g/mol. The van der Waals surface area contributed by atoms with Crippen LogP contribution in [0.15, 0.2) is 40.7 Å². The molecule has 0 aliphatic carbocycles. The van der Waals surface area contributed by atoms with Crippen LogP contribution in [-0.2, 0) is 4.74 Å². The molecular formula is C25H38N4O2. The van der Waals surface area contributed by atoms with Gasteiger partial charge in [0.15, 0.2) is 0 Å². The smallest absolute Gasteiger partial charge is 0.144 e. The molecular weight excluding hydrogens is 388 g/mol. The van der Waals surface area contributed by atoms with E-state index in [0.29, 0.717) is 11.9 Å². The lowest BCUT2D eigenvalue weighted by Crippen LogP contribution is -2.49. The van der Waals surface area contributed by atoms with Gasteiger partial charge in [0.25, 0.3) is 0 Å². The van der Waals surface area contributed by atoms with E-state index in [4.69, 9.17) is 9.47 Å². The minimum atomic E-state index is 0.595. The Morgan fingerprint density at radius 3 is 2.45 bits per heavy atom. The second kappa shape index (κ2) is 10.8. The number of allylic oxidation sites excluding steroid dienone is 2. The lowest BCUT2D eigenvalue weighted by molar-refractivity contribution is 0.0115. The summed E-state index contributed by atoms with van der Waals surface area (Å²) in [6, 6.07) is 4.95. The van der Waals surface area contributed by atoms with E-state index in [9.17, 15) is 0 Å². The van der Waals surface area contributed by atoms with E-state index >= 15 is 0 Å². The summed E-state index contributed by atoms with van der Waals surface area (Å²) in [5, 5.41) is 3.30. The summed E-state index contributed by atoms with van der Waals surface area (Å²) in [4.78, 5) is 9.53. The van der Waals surface area contributed by atoms with E-state index in [-0.39, 0.29) is 0 Å². The zero-order valence-electron chi connectivity index (χ0n) is 19.8. The maximum atomic E-state index is 5.70. The Kier molecular flexibility index (Phi) is 8.15. The predicted molar refractivity (Wildman–Crippen MR) is 131 cm³/mol. The molecule has 0 spiro atoms. The summed E-state index contributed by atoms with van der Waals surface area (Å²) < 4.78 is 11.2. The Balaban J connectivity index is 1.67. The molecule has 1 N–H and O–H groups in total. The third-order valence-corrected chi connectivity index (χ3v) is 6.37. The molecule has 6 nitrogen and oxygen atoms in total. The molecule has 3 rings (SSSR count). The summed E-state index contributed by atoms with van der Waals surface area (Å²) in [5.74, 6) is 1.41. The van der Waals surface area contributed by atoms with Crippen molar-refractivity contribution < 1.29 is 9.47 Å². The normalized spacial score (nSPS) is 18.3. The van der Waals surface area contributed by atoms with Crippen molar-refractivity contribution in [1.29, 1.82) is 0 Å². The summed E-state index contributed by atoms with van der Waals surface area (Å²) in [6.45, 7) is 18.4. The van der Waals surface area contributed by atoms with Crippen molar-refractivity contribution in [1.82, 2.24) is 4.90 Å². The number of aliphatic imine (C=N–C) groups is 1. The SMILES string of the molecule is C=C(N=CC(C)=C(C)C)Nc1cc(C)c(N2CCC(N3CCOCC3)CC2)cc1OC. The molecule has 0 bridgehead atoms. The number of hydrogen-bond acceptors (Lipinski definition) is 6. The molecule has 0 atom stereocenters. The van der Waals surface area contributed by atoms with Crippen LogP contribution in [0.25, 0.3) is 0 Å². The number of methoxy groups -OCH3 is 1. The van der Waals surface area contributed by atoms with Crippen LogP contribution < -0.4 is 15.0 Å². The average Bonchev–Trinajstić information content (AvgIpc) is 2.78. The van der Waals surface area contributed by atoms with Crippen LogP contribution >= 0.6 is 0 Å². The number of ether oxygens (including phenoxy) is 2. The van der Waals surface area contributed by atoms with E-state index in [1.54, 1.807) is 7.11 Å². The van der Waals surface area contributed by atoms with Gasteiger partial charge >= 0.3 is 0 Å². The highest BCUT2D eigenvalue weighted by Gasteiger charge is 2.27. The van der Waals surface area contributed by atoms with Crippen molar-refractivity contribution in [2.75, 3.05) is 56.7 Å². The van der Waals surface area contributed by atoms with Gasteiger partial charge in [0.1, 0.15) is 11.6 Å². The van der Waals surface area contributed by atoms with Crippen LogP contribution in [0.2, 0.25) is 0 Å². The number of morpholine rings is 1. The molecule has 0 unspecified atom stereocenters. The lowest BCUT2D eigenvalue weighted by Gasteiger charge is -2.41. The fourth-order valence-electron chi connectivity index (χ4n) is 4.19. The minimum Gasteiger partial charge on any atom is -0.494 e. The Labute approximate surface area is 187 Å². The molecule has 0 radical (unpaired) electrons. The summed E-state index contributed by atoms with van der Waals surface area (Å²) in [5.41, 5.74) is 5.75. The molecule has 2 heterocycles. The van der Waals surface area contributed by atoms with Gasteiger partial charge in [-0.25, -0.2) is 4.99 Å². The van der Waals surface area contributed by atoms with Crippen molar-refractivity contribution in [2.24, 2.45) is 4.99 Å². The minimum absolute atomic E-state index is 0.595. The van der Waals surface area contributed by atoms with Crippen molar-refractivity contribution in [3.8, 4) is 5.75 Å². The maximum Gasteiger partial charge on any atom is 0.144 e. The first-order chi connectivity index (χ1) is 14.9. The van der Waals surface area contributed by atoms with Crippen LogP contribution in [0.4, 0.5) is 11.4 Å². The van der Waals surface area contributed by atoms with Gasteiger partial charge in [-0.3, -0.25) is 4.90 Å². The summed E-state index contributed by atoms with van der Waals surface area (Å²) in [6.07, 6.45) is 4.23. The number of benzene rings is 1. The largest absolute Gasteiger partial charge is 0.494 e. The van der Waals surface area contributed by atoms with Crippen molar-refractivity contribution in [2.45, 2.75) is 46.6 Å². The van der Waals surface area contributed by atoms with Crippen molar-refractivity contribution >= 4 is 17.6 Å². The van der Waals surface area contributed by atoms with Crippen molar-refractivity contribution in [3.63, 3.8) is 0 Å². The molecule has 170 valence electrons. The van der Waals surface area contributed by atoms with Crippen LogP contribution in [0.1, 0.15) is 39.2 Å². The second-order valence-corrected chi connectivity index (χ2v) is 8.72. The number of anilines is 2. The molecule has 31 heavy (non-hydrogen) atoms. The third-order valence-electron chi connectivity index (χ3n) is 6.37. The van der Waals surface area contributed by atoms with E-state index in [1.165, 1.54) is 29.7 Å². The topological polar surface area (TPSA) is 49.3 Å². The van der Waals surface area contributed by atoms with Crippen LogP contribution in [0.5, 0.6) is 5.75 Å². The monoisotopic (exact) mass is 426 g/mol. The van der Waals surface area contributed by atoms with Gasteiger partial charge < -0.3 is 19.7 Å². The number of hydrogen-bond donors (Lipinski definition) is 1. The number of piperidine rings is 1. The molecule has 0 aromatic heterocycles. The Morgan fingerprint density at radius 1 is 1.16 bits per heavy atom. The van der Waals surface area contributed by atoms with Crippen molar-refractivity contribution in [3.05, 3.63) is 41.2 Å². The number of aryl methyl sites for hydroxylation is 1. The summed E-state index contributed by atoms with van der Waals surface area (Å²) >= 11 is 0. The molecule has 2 aliphatic heterocycles. The van der Waals surface area contributed by atoms with E-state index in [0.717, 1.165) is 56.4 Å². The molecule has 6 heteroatoms. The lowest BCUT2D eigenvalue weighted by atomic mass is 10.0. The maximum absolute atomic E-state index is 5.70. The van der Waals surface area contributed by atoms with Gasteiger partial charge in [0, 0.05) is 50.2 Å². The van der Waals surface area contributed by atoms with Gasteiger partial charge in [-0.1, -0.05) is 12.2 Å². The van der Waals surface area contributed by atoms with Gasteiger partial charge in [-0.2, -0.15) is 0 Å². The first-order valence-corrected chi connectivity index (χ1v) is 11.3. The molecule has 2 fully saturated rings.